The molecule has 3 rings (SSSR count). The van der Waals surface area contributed by atoms with Crippen LogP contribution in [0.25, 0.3) is 0 Å². The van der Waals surface area contributed by atoms with E-state index >= 15 is 0 Å². The molecular formula is C20H24N2O. The molecule has 3 heteroatoms. The van der Waals surface area contributed by atoms with Crippen molar-refractivity contribution in [3.8, 4) is 0 Å². The lowest BCUT2D eigenvalue weighted by molar-refractivity contribution is -0.119. The van der Waals surface area contributed by atoms with E-state index in [1.54, 1.807) is 0 Å². The fourth-order valence-electron chi connectivity index (χ4n) is 3.25. The highest BCUT2D eigenvalue weighted by Gasteiger charge is 2.26. The molecule has 0 bridgehead atoms. The van der Waals surface area contributed by atoms with Crippen LogP contribution in [0.15, 0.2) is 54.6 Å². The first-order chi connectivity index (χ1) is 11.2. The SMILES string of the molecule is C[C@H]1Cc2ccccc2N1CC(=O)NCCCc1ccccc1. The number of para-hydroxylation sites is 1. The number of nitrogens with one attached hydrogen (secondary N) is 1. The molecule has 120 valence electrons. The minimum absolute atomic E-state index is 0.113. The first kappa shape index (κ1) is 15.6. The molecule has 23 heavy (non-hydrogen) atoms. The fourth-order valence-corrected chi connectivity index (χ4v) is 3.25. The lowest BCUT2D eigenvalue weighted by atomic mass is 10.1. The predicted molar refractivity (Wildman–Crippen MR) is 94.7 cm³/mol. The van der Waals surface area contributed by atoms with Gasteiger partial charge in [-0.3, -0.25) is 4.79 Å². The van der Waals surface area contributed by atoms with Crippen molar-refractivity contribution < 1.29 is 4.79 Å². The van der Waals surface area contributed by atoms with E-state index in [0.717, 1.165) is 25.8 Å². The molecule has 0 unspecified atom stereocenters. The molecule has 3 nitrogen and oxygen atoms in total. The summed E-state index contributed by atoms with van der Waals surface area (Å²) in [5.41, 5.74) is 3.88. The monoisotopic (exact) mass is 308 g/mol. The summed E-state index contributed by atoms with van der Waals surface area (Å²) >= 11 is 0. The first-order valence-corrected chi connectivity index (χ1v) is 8.39. The Morgan fingerprint density at radius 3 is 2.70 bits per heavy atom. The third-order valence-corrected chi connectivity index (χ3v) is 4.47. The Hall–Kier alpha value is -2.29. The molecule has 0 saturated heterocycles. The highest BCUT2D eigenvalue weighted by Crippen LogP contribution is 2.31. The average molecular weight is 308 g/mol. The zero-order valence-electron chi connectivity index (χ0n) is 13.7. The molecule has 1 aliphatic rings. The van der Waals surface area contributed by atoms with Gasteiger partial charge in [0.15, 0.2) is 0 Å². The van der Waals surface area contributed by atoms with Crippen molar-refractivity contribution in [1.82, 2.24) is 5.32 Å². The predicted octanol–water partition coefficient (Wildman–Crippen LogP) is 3.19. The van der Waals surface area contributed by atoms with Gasteiger partial charge in [-0.25, -0.2) is 0 Å². The number of fused-ring (bicyclic) bond motifs is 1. The number of aryl methyl sites for hydroxylation is 1. The number of rotatable bonds is 6. The molecule has 1 aliphatic heterocycles. The smallest absolute Gasteiger partial charge is 0.239 e. The third kappa shape index (κ3) is 3.92. The Morgan fingerprint density at radius 1 is 1.13 bits per heavy atom. The number of amides is 1. The van der Waals surface area contributed by atoms with Crippen molar-refractivity contribution in [3.05, 3.63) is 65.7 Å². The summed E-state index contributed by atoms with van der Waals surface area (Å²) in [6.07, 6.45) is 3.00. The summed E-state index contributed by atoms with van der Waals surface area (Å²) in [6, 6.07) is 19.2. The molecule has 1 heterocycles. The van der Waals surface area contributed by atoms with Gasteiger partial charge in [-0.05, 0) is 43.4 Å². The molecule has 0 saturated carbocycles. The topological polar surface area (TPSA) is 32.3 Å². The first-order valence-electron chi connectivity index (χ1n) is 8.39. The highest BCUT2D eigenvalue weighted by atomic mass is 16.2. The molecule has 2 aromatic rings. The van der Waals surface area contributed by atoms with E-state index in [9.17, 15) is 4.79 Å². The molecule has 0 spiro atoms. The summed E-state index contributed by atoms with van der Waals surface area (Å²) in [6.45, 7) is 3.36. The maximum absolute atomic E-state index is 12.2. The lowest BCUT2D eigenvalue weighted by Crippen LogP contribution is -2.40. The minimum atomic E-state index is 0.113. The molecule has 0 aliphatic carbocycles. The lowest BCUT2D eigenvalue weighted by Gasteiger charge is -2.24. The molecule has 1 amide bonds. The maximum Gasteiger partial charge on any atom is 0.239 e. The Balaban J connectivity index is 1.45. The van der Waals surface area contributed by atoms with Crippen molar-refractivity contribution >= 4 is 11.6 Å². The van der Waals surface area contributed by atoms with Crippen LogP contribution < -0.4 is 10.2 Å². The molecule has 0 radical (unpaired) electrons. The molecule has 1 N–H and O–H groups in total. The van der Waals surface area contributed by atoms with Crippen LogP contribution in [-0.4, -0.2) is 25.0 Å². The fraction of sp³-hybridized carbons (Fsp3) is 0.350. The van der Waals surface area contributed by atoms with Crippen molar-refractivity contribution in [2.24, 2.45) is 0 Å². The van der Waals surface area contributed by atoms with Crippen LogP contribution in [0.2, 0.25) is 0 Å². The second-order valence-electron chi connectivity index (χ2n) is 6.25. The van der Waals surface area contributed by atoms with Crippen molar-refractivity contribution in [2.45, 2.75) is 32.2 Å². The number of hydrogen-bond acceptors (Lipinski definition) is 2. The van der Waals surface area contributed by atoms with Crippen LogP contribution in [0.1, 0.15) is 24.5 Å². The summed E-state index contributed by atoms with van der Waals surface area (Å²) in [5, 5.41) is 3.05. The summed E-state index contributed by atoms with van der Waals surface area (Å²) in [5.74, 6) is 0.113. The van der Waals surface area contributed by atoms with Crippen molar-refractivity contribution in [2.75, 3.05) is 18.0 Å². The Labute approximate surface area is 138 Å². The summed E-state index contributed by atoms with van der Waals surface area (Å²) in [7, 11) is 0. The van der Waals surface area contributed by atoms with Crippen LogP contribution >= 0.6 is 0 Å². The van der Waals surface area contributed by atoms with Gasteiger partial charge in [-0.1, -0.05) is 48.5 Å². The normalized spacial score (nSPS) is 16.2. The Kier molecular flexibility index (Phi) is 4.96. The number of hydrogen-bond donors (Lipinski definition) is 1. The van der Waals surface area contributed by atoms with Gasteiger partial charge in [0.1, 0.15) is 0 Å². The number of carbonyl (C=O) groups is 1. The number of benzene rings is 2. The maximum atomic E-state index is 12.2. The molecular weight excluding hydrogens is 284 g/mol. The van der Waals surface area contributed by atoms with Crippen molar-refractivity contribution in [1.29, 1.82) is 0 Å². The van der Waals surface area contributed by atoms with E-state index in [1.165, 1.54) is 16.8 Å². The standard InChI is InChI=1S/C20H24N2O/c1-16-14-18-11-5-6-12-19(18)22(16)15-20(23)21-13-7-10-17-8-3-2-4-9-17/h2-6,8-9,11-12,16H,7,10,13-15H2,1H3,(H,21,23)/t16-/m0/s1. The van der Waals surface area contributed by atoms with E-state index in [-0.39, 0.29) is 5.91 Å². The second kappa shape index (κ2) is 7.32. The largest absolute Gasteiger partial charge is 0.359 e. The zero-order valence-corrected chi connectivity index (χ0v) is 13.7. The van der Waals surface area contributed by atoms with Gasteiger partial charge in [0.2, 0.25) is 5.91 Å². The Morgan fingerprint density at radius 2 is 1.87 bits per heavy atom. The van der Waals surface area contributed by atoms with Gasteiger partial charge in [-0.2, -0.15) is 0 Å². The molecule has 0 aromatic heterocycles. The van der Waals surface area contributed by atoms with Gasteiger partial charge >= 0.3 is 0 Å². The second-order valence-corrected chi connectivity index (χ2v) is 6.25. The van der Waals surface area contributed by atoms with Crippen LogP contribution in [-0.2, 0) is 17.6 Å². The van der Waals surface area contributed by atoms with E-state index in [4.69, 9.17) is 0 Å². The number of nitrogens with zero attached hydrogens (tertiary/aromatic N) is 1. The van der Waals surface area contributed by atoms with Crippen molar-refractivity contribution in [3.63, 3.8) is 0 Å². The highest BCUT2D eigenvalue weighted by molar-refractivity contribution is 5.82. The van der Waals surface area contributed by atoms with Gasteiger partial charge in [0.25, 0.3) is 0 Å². The van der Waals surface area contributed by atoms with Crippen LogP contribution in [0, 0.1) is 0 Å². The van der Waals surface area contributed by atoms with E-state index in [0.29, 0.717) is 12.6 Å². The molecule has 0 fully saturated rings. The third-order valence-electron chi connectivity index (χ3n) is 4.47. The zero-order chi connectivity index (χ0) is 16.1. The number of anilines is 1. The quantitative estimate of drug-likeness (QED) is 0.831. The van der Waals surface area contributed by atoms with E-state index in [1.807, 2.05) is 12.1 Å². The minimum Gasteiger partial charge on any atom is -0.359 e. The van der Waals surface area contributed by atoms with Crippen LogP contribution in [0.4, 0.5) is 5.69 Å². The van der Waals surface area contributed by atoms with Crippen LogP contribution in [0.5, 0.6) is 0 Å². The Bertz CT molecular complexity index is 654. The van der Waals surface area contributed by atoms with Gasteiger partial charge in [0.05, 0.1) is 6.54 Å². The van der Waals surface area contributed by atoms with E-state index in [2.05, 4.69) is 59.6 Å². The molecule has 1 atom stereocenters. The number of carbonyl (C=O) groups excluding carboxylic acids is 1. The van der Waals surface area contributed by atoms with Gasteiger partial charge in [0, 0.05) is 18.3 Å². The summed E-state index contributed by atoms with van der Waals surface area (Å²) in [4.78, 5) is 14.4. The molecule has 2 aromatic carbocycles. The summed E-state index contributed by atoms with van der Waals surface area (Å²) < 4.78 is 0. The van der Waals surface area contributed by atoms with E-state index < -0.39 is 0 Å². The average Bonchev–Trinajstić information content (AvgIpc) is 2.88. The van der Waals surface area contributed by atoms with Gasteiger partial charge in [-0.15, -0.1) is 0 Å². The van der Waals surface area contributed by atoms with Crippen LogP contribution in [0.3, 0.4) is 0 Å². The van der Waals surface area contributed by atoms with Gasteiger partial charge < -0.3 is 10.2 Å².